The van der Waals surface area contributed by atoms with Crippen LogP contribution in [0.1, 0.15) is 57.6 Å². The number of pyridine rings is 1. The van der Waals surface area contributed by atoms with Crippen LogP contribution in [-0.2, 0) is 0 Å². The Hall–Kier alpha value is -1.16. The lowest BCUT2D eigenvalue weighted by Gasteiger charge is -2.13. The molecule has 0 aromatic carbocycles. The summed E-state index contributed by atoms with van der Waals surface area (Å²) < 4.78 is 2.96. The van der Waals surface area contributed by atoms with Crippen molar-refractivity contribution >= 4 is 23.4 Å². The molecule has 0 radical (unpaired) electrons. The van der Waals surface area contributed by atoms with E-state index in [2.05, 4.69) is 35.3 Å². The van der Waals surface area contributed by atoms with Crippen molar-refractivity contribution in [2.75, 3.05) is 0 Å². The van der Waals surface area contributed by atoms with E-state index in [1.807, 2.05) is 12.3 Å². The van der Waals surface area contributed by atoms with Crippen molar-refractivity contribution in [3.05, 3.63) is 22.6 Å². The minimum absolute atomic E-state index is 0.410. The summed E-state index contributed by atoms with van der Waals surface area (Å²) in [5.41, 5.74) is 3.27. The molecule has 4 heteroatoms. The van der Waals surface area contributed by atoms with E-state index in [1.165, 1.54) is 31.2 Å². The number of imidazole rings is 1. The van der Waals surface area contributed by atoms with Crippen molar-refractivity contribution in [3.8, 4) is 0 Å². The number of aromatic amines is 1. The Morgan fingerprint density at radius 3 is 2.89 bits per heavy atom. The lowest BCUT2D eigenvalue weighted by atomic mass is 10.1. The third-order valence-corrected chi connectivity index (χ3v) is 4.03. The Kier molecular flexibility index (Phi) is 4.75. The highest BCUT2D eigenvalue weighted by molar-refractivity contribution is 7.71. The number of hydrogen-bond acceptors (Lipinski definition) is 2. The van der Waals surface area contributed by atoms with Gasteiger partial charge in [0.25, 0.3) is 0 Å². The van der Waals surface area contributed by atoms with Gasteiger partial charge in [-0.25, -0.2) is 4.98 Å². The maximum Gasteiger partial charge on any atom is 0.179 e. The third-order valence-electron chi connectivity index (χ3n) is 3.73. The summed E-state index contributed by atoms with van der Waals surface area (Å²) >= 11 is 5.46. The number of H-pyrrole nitrogens is 1. The molecule has 19 heavy (non-hydrogen) atoms. The monoisotopic (exact) mass is 277 g/mol. The van der Waals surface area contributed by atoms with Crippen LogP contribution in [-0.4, -0.2) is 14.5 Å². The standard InChI is InChI=1S/C15H23N3S/c1-4-5-6-7-8-12(3)18-14-13(17-15(18)19)11(2)9-10-16-14/h9-10,12H,4-8H2,1-3H3,(H,17,19). The Morgan fingerprint density at radius 2 is 2.16 bits per heavy atom. The first-order valence-corrected chi connectivity index (χ1v) is 7.61. The van der Waals surface area contributed by atoms with Gasteiger partial charge in [-0.15, -0.1) is 0 Å². The highest BCUT2D eigenvalue weighted by atomic mass is 32.1. The van der Waals surface area contributed by atoms with Gasteiger partial charge in [-0.3, -0.25) is 4.57 Å². The SMILES string of the molecule is CCCCCCC(C)n1c(=S)[nH]c2c(C)ccnc21. The van der Waals surface area contributed by atoms with Gasteiger partial charge in [-0.05, 0) is 44.1 Å². The minimum Gasteiger partial charge on any atom is -0.329 e. The first-order valence-electron chi connectivity index (χ1n) is 7.21. The van der Waals surface area contributed by atoms with E-state index in [-0.39, 0.29) is 0 Å². The summed E-state index contributed by atoms with van der Waals surface area (Å²) in [7, 11) is 0. The van der Waals surface area contributed by atoms with Crippen LogP contribution in [0.2, 0.25) is 0 Å². The molecule has 1 N–H and O–H groups in total. The number of unbranched alkanes of at least 4 members (excludes halogenated alkanes) is 3. The van der Waals surface area contributed by atoms with Gasteiger partial charge in [0, 0.05) is 12.2 Å². The quantitative estimate of drug-likeness (QED) is 0.599. The zero-order valence-corrected chi connectivity index (χ0v) is 12.9. The van der Waals surface area contributed by atoms with Gasteiger partial charge in [0.1, 0.15) is 0 Å². The van der Waals surface area contributed by atoms with E-state index in [4.69, 9.17) is 12.2 Å². The number of aryl methyl sites for hydroxylation is 1. The molecule has 0 bridgehead atoms. The summed E-state index contributed by atoms with van der Waals surface area (Å²) in [6.45, 7) is 6.57. The van der Waals surface area contributed by atoms with Crippen LogP contribution in [0.25, 0.3) is 11.2 Å². The highest BCUT2D eigenvalue weighted by Crippen LogP contribution is 2.23. The molecule has 0 saturated carbocycles. The van der Waals surface area contributed by atoms with Crippen LogP contribution in [0.4, 0.5) is 0 Å². The molecule has 1 atom stereocenters. The fourth-order valence-electron chi connectivity index (χ4n) is 2.55. The normalized spacial score (nSPS) is 13.0. The molecule has 0 aliphatic heterocycles. The fraction of sp³-hybridized carbons (Fsp3) is 0.600. The smallest absolute Gasteiger partial charge is 0.179 e. The summed E-state index contributed by atoms with van der Waals surface area (Å²) in [4.78, 5) is 7.79. The van der Waals surface area contributed by atoms with E-state index in [0.717, 1.165) is 22.4 Å². The predicted octanol–water partition coefficient (Wildman–Crippen LogP) is 4.93. The molecule has 2 aromatic heterocycles. The predicted molar refractivity (Wildman–Crippen MR) is 83.1 cm³/mol. The van der Waals surface area contributed by atoms with Gasteiger partial charge < -0.3 is 4.98 Å². The molecular weight excluding hydrogens is 254 g/mol. The van der Waals surface area contributed by atoms with Crippen LogP contribution in [0.3, 0.4) is 0 Å². The van der Waals surface area contributed by atoms with Gasteiger partial charge in [-0.2, -0.15) is 0 Å². The van der Waals surface area contributed by atoms with Gasteiger partial charge in [0.2, 0.25) is 0 Å². The van der Waals surface area contributed by atoms with Crippen molar-refractivity contribution in [2.24, 2.45) is 0 Å². The van der Waals surface area contributed by atoms with Crippen molar-refractivity contribution < 1.29 is 0 Å². The maximum absolute atomic E-state index is 5.46. The topological polar surface area (TPSA) is 33.6 Å². The number of rotatable bonds is 6. The Labute approximate surface area is 120 Å². The zero-order chi connectivity index (χ0) is 13.8. The van der Waals surface area contributed by atoms with Crippen LogP contribution in [0.15, 0.2) is 12.3 Å². The summed E-state index contributed by atoms with van der Waals surface area (Å²) in [6, 6.07) is 2.43. The van der Waals surface area contributed by atoms with Crippen molar-refractivity contribution in [2.45, 2.75) is 58.9 Å². The fourth-order valence-corrected chi connectivity index (χ4v) is 2.92. The van der Waals surface area contributed by atoms with Crippen molar-refractivity contribution in [1.82, 2.24) is 14.5 Å². The molecule has 0 spiro atoms. The van der Waals surface area contributed by atoms with Crippen molar-refractivity contribution in [1.29, 1.82) is 0 Å². The molecule has 0 saturated heterocycles. The summed E-state index contributed by atoms with van der Waals surface area (Å²) in [5, 5.41) is 0. The van der Waals surface area contributed by atoms with Gasteiger partial charge >= 0.3 is 0 Å². The van der Waals surface area contributed by atoms with Gasteiger partial charge in [0.15, 0.2) is 10.4 Å². The molecular formula is C15H23N3S. The van der Waals surface area contributed by atoms with Gasteiger partial charge in [0.05, 0.1) is 5.52 Å². The summed E-state index contributed by atoms with van der Waals surface area (Å²) in [5.74, 6) is 0. The average Bonchev–Trinajstić information content (AvgIpc) is 2.72. The van der Waals surface area contributed by atoms with Crippen LogP contribution >= 0.6 is 12.2 Å². The Bertz CT molecular complexity index is 597. The second-order valence-electron chi connectivity index (χ2n) is 5.32. The number of fused-ring (bicyclic) bond motifs is 1. The summed E-state index contributed by atoms with van der Waals surface area (Å²) in [6.07, 6.45) is 8.20. The second kappa shape index (κ2) is 6.33. The van der Waals surface area contributed by atoms with Crippen LogP contribution < -0.4 is 0 Å². The molecule has 2 rings (SSSR count). The molecule has 0 aliphatic carbocycles. The molecule has 104 valence electrons. The van der Waals surface area contributed by atoms with E-state index in [9.17, 15) is 0 Å². The average molecular weight is 277 g/mol. The van der Waals surface area contributed by atoms with E-state index < -0.39 is 0 Å². The minimum atomic E-state index is 0.410. The first kappa shape index (κ1) is 14.3. The molecule has 1 unspecified atom stereocenters. The first-order chi connectivity index (χ1) is 9.15. The molecule has 0 aliphatic rings. The van der Waals surface area contributed by atoms with Crippen molar-refractivity contribution in [3.63, 3.8) is 0 Å². The zero-order valence-electron chi connectivity index (χ0n) is 12.1. The van der Waals surface area contributed by atoms with E-state index in [1.54, 1.807) is 0 Å². The molecule has 2 aromatic rings. The lowest BCUT2D eigenvalue weighted by Crippen LogP contribution is -2.06. The molecule has 2 heterocycles. The third kappa shape index (κ3) is 3.06. The Balaban J connectivity index is 2.22. The molecule has 0 fully saturated rings. The Morgan fingerprint density at radius 1 is 1.37 bits per heavy atom. The molecule has 3 nitrogen and oxygen atoms in total. The largest absolute Gasteiger partial charge is 0.329 e. The lowest BCUT2D eigenvalue weighted by molar-refractivity contribution is 0.476. The van der Waals surface area contributed by atoms with Crippen LogP contribution in [0, 0.1) is 11.7 Å². The maximum atomic E-state index is 5.46. The number of nitrogens with zero attached hydrogens (tertiary/aromatic N) is 2. The number of aromatic nitrogens is 3. The second-order valence-corrected chi connectivity index (χ2v) is 5.71. The number of nitrogens with one attached hydrogen (secondary N) is 1. The highest BCUT2D eigenvalue weighted by Gasteiger charge is 2.12. The van der Waals surface area contributed by atoms with Crippen LogP contribution in [0.5, 0.6) is 0 Å². The molecule has 0 amide bonds. The van der Waals surface area contributed by atoms with E-state index in [0.29, 0.717) is 6.04 Å². The number of hydrogen-bond donors (Lipinski definition) is 1. The van der Waals surface area contributed by atoms with E-state index >= 15 is 0 Å². The van der Waals surface area contributed by atoms with Gasteiger partial charge in [-0.1, -0.05) is 32.6 Å².